The minimum Gasteiger partial charge on any atom is -0.392 e. The average molecular weight is 337 g/mol. The molecule has 0 amide bonds. The number of β-amino-alcohol motifs (C(OH)–C–C–N with tert-alkyl or cyclic N) is 1. The normalized spacial score (nSPS) is 31.7. The van der Waals surface area contributed by atoms with Crippen LogP contribution in [0.15, 0.2) is 11.6 Å². The van der Waals surface area contributed by atoms with Gasteiger partial charge in [0.05, 0.1) is 18.2 Å². The van der Waals surface area contributed by atoms with Gasteiger partial charge in [0.2, 0.25) is 0 Å². The fourth-order valence-electron chi connectivity index (χ4n) is 4.87. The van der Waals surface area contributed by atoms with Crippen molar-refractivity contribution in [1.29, 1.82) is 0 Å². The van der Waals surface area contributed by atoms with E-state index in [2.05, 4.69) is 38.9 Å². The zero-order chi connectivity index (χ0) is 16.0. The second kappa shape index (κ2) is 6.08. The summed E-state index contributed by atoms with van der Waals surface area (Å²) in [6, 6.07) is 0.541. The number of likely N-dealkylation sites (tertiary alicyclic amines) is 1. The summed E-state index contributed by atoms with van der Waals surface area (Å²) >= 11 is 1.75. The van der Waals surface area contributed by atoms with Gasteiger partial charge in [-0.2, -0.15) is 0 Å². The molecule has 3 aliphatic rings. The van der Waals surface area contributed by atoms with Gasteiger partial charge >= 0.3 is 0 Å². The topological polar surface area (TPSA) is 42.8 Å². The molecule has 1 N–H and O–H groups in total. The lowest BCUT2D eigenvalue weighted by Gasteiger charge is -2.61. The summed E-state index contributed by atoms with van der Waals surface area (Å²) in [5.41, 5.74) is 0.256. The lowest BCUT2D eigenvalue weighted by atomic mass is 9.83. The predicted molar refractivity (Wildman–Crippen MR) is 92.5 cm³/mol. The maximum absolute atomic E-state index is 10.2. The van der Waals surface area contributed by atoms with Crippen molar-refractivity contribution >= 4 is 11.3 Å². The maximum Gasteiger partial charge on any atom is 0.107 e. The fraction of sp³-hybridized carbons (Fsp3) is 0.824. The summed E-state index contributed by atoms with van der Waals surface area (Å²) in [7, 11) is 0. The zero-order valence-electron chi connectivity index (χ0n) is 14.2. The highest BCUT2D eigenvalue weighted by atomic mass is 32.1. The van der Waals surface area contributed by atoms with Gasteiger partial charge in [0.1, 0.15) is 5.01 Å². The Bertz CT molecular complexity index is 529. The van der Waals surface area contributed by atoms with Crippen molar-refractivity contribution in [2.45, 2.75) is 44.5 Å². The summed E-state index contributed by atoms with van der Waals surface area (Å²) in [5.74, 6) is 0.705. The third-order valence-electron chi connectivity index (χ3n) is 5.49. The molecule has 3 fully saturated rings. The van der Waals surface area contributed by atoms with Crippen molar-refractivity contribution in [1.82, 2.24) is 19.7 Å². The van der Waals surface area contributed by atoms with Gasteiger partial charge in [0, 0.05) is 56.9 Å². The van der Waals surface area contributed by atoms with Gasteiger partial charge in [-0.25, -0.2) is 4.98 Å². The Morgan fingerprint density at radius 2 is 2.09 bits per heavy atom. The number of hydrogen-bond acceptors (Lipinski definition) is 6. The number of hydrogen-bond donors (Lipinski definition) is 1. The molecule has 2 atom stereocenters. The highest BCUT2D eigenvalue weighted by Crippen LogP contribution is 2.39. The van der Waals surface area contributed by atoms with E-state index in [-0.39, 0.29) is 11.6 Å². The zero-order valence-corrected chi connectivity index (χ0v) is 15.0. The molecule has 0 saturated carbocycles. The first-order valence-corrected chi connectivity index (χ1v) is 9.70. The van der Waals surface area contributed by atoms with Gasteiger partial charge in [0.15, 0.2) is 0 Å². The lowest BCUT2D eigenvalue weighted by molar-refractivity contribution is -0.117. The summed E-state index contributed by atoms with van der Waals surface area (Å²) in [6.07, 6.45) is 2.71. The number of aromatic nitrogens is 1. The summed E-state index contributed by atoms with van der Waals surface area (Å²) < 4.78 is 0. The van der Waals surface area contributed by atoms with Crippen LogP contribution in [-0.4, -0.2) is 81.7 Å². The Balaban J connectivity index is 1.45. The van der Waals surface area contributed by atoms with E-state index in [4.69, 9.17) is 0 Å². The molecular formula is C17H28N4OS. The largest absolute Gasteiger partial charge is 0.392 e. The second-order valence-corrected chi connectivity index (χ2v) is 9.06. The number of rotatable bonds is 4. The van der Waals surface area contributed by atoms with Crippen LogP contribution in [0.1, 0.15) is 25.3 Å². The van der Waals surface area contributed by atoms with E-state index in [0.717, 1.165) is 45.7 Å². The number of piperazine rings is 1. The Hall–Kier alpha value is -0.530. The van der Waals surface area contributed by atoms with E-state index in [1.807, 2.05) is 6.20 Å². The molecule has 2 unspecified atom stereocenters. The highest BCUT2D eigenvalue weighted by molar-refractivity contribution is 7.09. The number of thiazole rings is 1. The molecule has 4 rings (SSSR count). The Labute approximate surface area is 142 Å². The van der Waals surface area contributed by atoms with Crippen LogP contribution < -0.4 is 0 Å². The van der Waals surface area contributed by atoms with Gasteiger partial charge in [-0.15, -0.1) is 11.3 Å². The first-order chi connectivity index (χ1) is 11.0. The van der Waals surface area contributed by atoms with Crippen LogP contribution in [0.5, 0.6) is 0 Å². The fourth-order valence-corrected chi connectivity index (χ4v) is 5.53. The smallest absolute Gasteiger partial charge is 0.107 e. The lowest BCUT2D eigenvalue weighted by Crippen LogP contribution is -2.77. The van der Waals surface area contributed by atoms with Crippen LogP contribution in [0.3, 0.4) is 0 Å². The highest BCUT2D eigenvalue weighted by Gasteiger charge is 2.55. The molecule has 128 valence electrons. The first-order valence-electron chi connectivity index (χ1n) is 8.82. The Morgan fingerprint density at radius 1 is 1.30 bits per heavy atom. The SMILES string of the molecule is CC(C)CN1CC2CC(O)CN2C2(C1)CN(Cc1nccs1)C2. The van der Waals surface area contributed by atoms with E-state index >= 15 is 0 Å². The Morgan fingerprint density at radius 3 is 2.78 bits per heavy atom. The van der Waals surface area contributed by atoms with Crippen molar-refractivity contribution in [3.05, 3.63) is 16.6 Å². The van der Waals surface area contributed by atoms with Gasteiger partial charge in [-0.3, -0.25) is 14.7 Å². The first kappa shape index (κ1) is 16.0. The molecule has 3 saturated heterocycles. The van der Waals surface area contributed by atoms with Gasteiger partial charge < -0.3 is 5.11 Å². The minimum absolute atomic E-state index is 0.135. The molecule has 0 bridgehead atoms. The van der Waals surface area contributed by atoms with E-state index in [1.54, 1.807) is 11.3 Å². The third-order valence-corrected chi connectivity index (χ3v) is 6.25. The average Bonchev–Trinajstić information content (AvgIpc) is 3.04. The maximum atomic E-state index is 10.2. The van der Waals surface area contributed by atoms with Gasteiger partial charge in [-0.1, -0.05) is 13.8 Å². The van der Waals surface area contributed by atoms with Gasteiger partial charge in [-0.05, 0) is 12.3 Å². The molecule has 0 aliphatic carbocycles. The third kappa shape index (κ3) is 3.07. The number of aliphatic hydroxyl groups is 1. The molecule has 5 nitrogen and oxygen atoms in total. The van der Waals surface area contributed by atoms with E-state index in [1.165, 1.54) is 11.6 Å². The molecule has 6 heteroatoms. The van der Waals surface area contributed by atoms with Crippen LogP contribution in [0.25, 0.3) is 0 Å². The molecule has 1 spiro atoms. The van der Waals surface area contributed by atoms with Crippen molar-refractivity contribution < 1.29 is 5.11 Å². The monoisotopic (exact) mass is 336 g/mol. The van der Waals surface area contributed by atoms with Gasteiger partial charge in [0.25, 0.3) is 0 Å². The molecule has 3 aliphatic heterocycles. The molecule has 23 heavy (non-hydrogen) atoms. The number of nitrogens with zero attached hydrogens (tertiary/aromatic N) is 4. The van der Waals surface area contributed by atoms with Crippen LogP contribution in [-0.2, 0) is 6.54 Å². The van der Waals surface area contributed by atoms with Crippen molar-refractivity contribution in [3.8, 4) is 0 Å². The molecule has 1 aromatic heterocycles. The van der Waals surface area contributed by atoms with Crippen LogP contribution in [0.4, 0.5) is 0 Å². The summed E-state index contributed by atoms with van der Waals surface area (Å²) in [4.78, 5) is 12.2. The van der Waals surface area contributed by atoms with Crippen molar-refractivity contribution in [2.75, 3.05) is 39.3 Å². The predicted octanol–water partition coefficient (Wildman–Crippen LogP) is 1.10. The van der Waals surface area contributed by atoms with E-state index in [9.17, 15) is 5.11 Å². The number of fused-ring (bicyclic) bond motifs is 2. The van der Waals surface area contributed by atoms with Crippen LogP contribution in [0, 0.1) is 5.92 Å². The molecule has 4 heterocycles. The van der Waals surface area contributed by atoms with Crippen molar-refractivity contribution in [2.24, 2.45) is 5.92 Å². The minimum atomic E-state index is -0.135. The van der Waals surface area contributed by atoms with Crippen molar-refractivity contribution in [3.63, 3.8) is 0 Å². The van der Waals surface area contributed by atoms with Crippen LogP contribution in [0.2, 0.25) is 0 Å². The molecule has 0 aromatic carbocycles. The molecule has 1 aromatic rings. The summed E-state index contributed by atoms with van der Waals surface area (Å²) in [6.45, 7) is 12.1. The Kier molecular flexibility index (Phi) is 4.22. The quantitative estimate of drug-likeness (QED) is 0.892. The van der Waals surface area contributed by atoms with E-state index < -0.39 is 0 Å². The second-order valence-electron chi connectivity index (χ2n) is 8.08. The number of aliphatic hydroxyl groups excluding tert-OH is 1. The van der Waals surface area contributed by atoms with Crippen LogP contribution >= 0.6 is 11.3 Å². The standard InChI is InChI=1S/C17H28N4OS/c1-13(2)6-19-7-14-5-15(22)8-21(14)17(10-19)11-20(12-17)9-16-18-3-4-23-16/h3-4,13-15,22H,5-12H2,1-2H3. The molecule has 0 radical (unpaired) electrons. The van der Waals surface area contributed by atoms with E-state index in [0.29, 0.717) is 12.0 Å². The molecular weight excluding hydrogens is 308 g/mol. The summed E-state index contributed by atoms with van der Waals surface area (Å²) in [5, 5.41) is 13.4.